The van der Waals surface area contributed by atoms with E-state index in [1.807, 2.05) is 12.2 Å². The molecule has 0 N–H and O–H groups in total. The van der Waals surface area contributed by atoms with Gasteiger partial charge in [0.15, 0.2) is 6.29 Å². The van der Waals surface area contributed by atoms with Crippen LogP contribution in [0.4, 0.5) is 0 Å². The standard InChI is InChI=1S/C11H18O3.3CO.Fe/c1-13-11(14-2)9-7-5-3-4-6-8-10-12;3*1-2;/h3-4,6,8,10-11H,5,7,9H2,1-2H3;;;;/b4-3+,8-6+;;;;. The van der Waals surface area contributed by atoms with Gasteiger partial charge >= 0.3 is 33.9 Å². The van der Waals surface area contributed by atoms with Crippen LogP contribution < -0.4 is 0 Å². The van der Waals surface area contributed by atoms with Crippen molar-refractivity contribution >= 4 is 6.29 Å². The third-order valence-electron chi connectivity index (χ3n) is 1.77. The van der Waals surface area contributed by atoms with Crippen molar-refractivity contribution in [3.05, 3.63) is 44.3 Å². The summed E-state index contributed by atoms with van der Waals surface area (Å²) < 4.78 is 32.6. The zero-order valence-electron chi connectivity index (χ0n) is 11.9. The van der Waals surface area contributed by atoms with Gasteiger partial charge < -0.3 is 9.47 Å². The van der Waals surface area contributed by atoms with Crippen LogP contribution in [0.2, 0.25) is 0 Å². The summed E-state index contributed by atoms with van der Waals surface area (Å²) in [5.41, 5.74) is 0. The molecule has 0 rings (SSSR count). The zero-order valence-corrected chi connectivity index (χ0v) is 13.0. The maximum Gasteiger partial charge on any atom is 0 e. The van der Waals surface area contributed by atoms with Crippen LogP contribution in [0.5, 0.6) is 0 Å². The van der Waals surface area contributed by atoms with E-state index in [2.05, 4.69) is 20.0 Å². The molecule has 0 aromatic heterocycles. The number of hydrogen-bond acceptors (Lipinski definition) is 3. The Hall–Kier alpha value is -1.19. The van der Waals surface area contributed by atoms with E-state index in [0.29, 0.717) is 0 Å². The summed E-state index contributed by atoms with van der Waals surface area (Å²) in [6.45, 7) is 13.5. The van der Waals surface area contributed by atoms with Crippen molar-refractivity contribution in [2.75, 3.05) is 14.2 Å². The average Bonchev–Trinajstić information content (AvgIpc) is 2.56. The van der Waals surface area contributed by atoms with E-state index in [1.54, 1.807) is 20.3 Å². The number of aldehydes is 1. The number of unbranched alkanes of at least 4 members (excludes halogenated alkanes) is 1. The van der Waals surface area contributed by atoms with Crippen LogP contribution in [0.1, 0.15) is 19.3 Å². The van der Waals surface area contributed by atoms with E-state index in [1.165, 1.54) is 6.08 Å². The van der Waals surface area contributed by atoms with Gasteiger partial charge in [-0.15, -0.1) is 0 Å². The first-order valence-corrected chi connectivity index (χ1v) is 5.29. The molecule has 0 amide bonds. The second-order valence-electron chi connectivity index (χ2n) is 2.78. The van der Waals surface area contributed by atoms with Gasteiger partial charge in [0.05, 0.1) is 0 Å². The summed E-state index contributed by atoms with van der Waals surface area (Å²) in [7, 11) is 3.27. The minimum Gasteiger partial charge on any atom is 0 e. The second-order valence-corrected chi connectivity index (χ2v) is 2.78. The normalized spacial score (nSPS) is 8.24. The fraction of sp³-hybridized carbons (Fsp3) is 0.429. The summed E-state index contributed by atoms with van der Waals surface area (Å²) in [5, 5.41) is 0. The molecule has 0 atom stereocenters. The number of hydrogen-bond donors (Lipinski definition) is 0. The maximum absolute atomic E-state index is 9.91. The van der Waals surface area contributed by atoms with Crippen molar-refractivity contribution in [2.24, 2.45) is 0 Å². The summed E-state index contributed by atoms with van der Waals surface area (Å²) in [4.78, 5) is 9.91. The van der Waals surface area contributed by atoms with E-state index < -0.39 is 0 Å². The first-order chi connectivity index (χ1) is 9.85. The van der Waals surface area contributed by atoms with Gasteiger partial charge in [0, 0.05) is 31.3 Å². The molecule has 0 aromatic rings. The topological polar surface area (TPSA) is 95.2 Å². The van der Waals surface area contributed by atoms with Crippen molar-refractivity contribution in [1.29, 1.82) is 0 Å². The fourth-order valence-electron chi connectivity index (χ4n) is 1.02. The first kappa shape index (κ1) is 32.0. The third kappa shape index (κ3) is 38.1. The van der Waals surface area contributed by atoms with Crippen LogP contribution in [-0.2, 0) is 45.3 Å². The Morgan fingerprint density at radius 1 is 0.952 bits per heavy atom. The Kier molecular flexibility index (Phi) is 65.1. The van der Waals surface area contributed by atoms with Gasteiger partial charge in [-0.05, 0) is 25.3 Å². The molecule has 0 aliphatic carbocycles. The van der Waals surface area contributed by atoms with Gasteiger partial charge in [-0.3, -0.25) is 4.79 Å². The van der Waals surface area contributed by atoms with Crippen LogP contribution in [0.3, 0.4) is 0 Å². The Morgan fingerprint density at radius 3 is 1.81 bits per heavy atom. The molecule has 0 fully saturated rings. The molecule has 0 aromatic carbocycles. The molecule has 6 nitrogen and oxygen atoms in total. The van der Waals surface area contributed by atoms with Crippen molar-refractivity contribution in [1.82, 2.24) is 0 Å². The zero-order chi connectivity index (χ0) is 16.6. The van der Waals surface area contributed by atoms with Gasteiger partial charge in [0.1, 0.15) is 6.29 Å². The molecule has 0 aliphatic rings. The Morgan fingerprint density at radius 2 is 1.43 bits per heavy atom. The van der Waals surface area contributed by atoms with Gasteiger partial charge in [0.2, 0.25) is 0 Å². The van der Waals surface area contributed by atoms with E-state index in [-0.39, 0.29) is 23.4 Å². The van der Waals surface area contributed by atoms with Gasteiger partial charge in [0.25, 0.3) is 0 Å². The first-order valence-electron chi connectivity index (χ1n) is 5.29. The van der Waals surface area contributed by atoms with E-state index in [9.17, 15) is 4.79 Å². The van der Waals surface area contributed by atoms with E-state index >= 15 is 0 Å². The molecule has 0 bridgehead atoms. The monoisotopic (exact) mass is 338 g/mol. The van der Waals surface area contributed by atoms with E-state index in [0.717, 1.165) is 25.5 Å². The van der Waals surface area contributed by atoms with Gasteiger partial charge in [-0.25, -0.2) is 0 Å². The molecule has 7 heteroatoms. The van der Waals surface area contributed by atoms with Crippen molar-refractivity contribution in [3.63, 3.8) is 0 Å². The smallest absolute Gasteiger partial charge is 0 e. The molecule has 0 saturated carbocycles. The minimum atomic E-state index is -0.103. The predicted octanol–water partition coefficient (Wildman–Crippen LogP) is 1.97. The van der Waals surface area contributed by atoms with Crippen molar-refractivity contribution < 1.29 is 45.3 Å². The largest absolute Gasteiger partial charge is 0 e. The molecular formula is C14H18FeO6. The molecule has 0 saturated heterocycles. The molecule has 0 radical (unpaired) electrons. The average molecular weight is 338 g/mol. The quantitative estimate of drug-likeness (QED) is 0.0989. The minimum absolute atomic E-state index is 0. The van der Waals surface area contributed by atoms with Crippen LogP contribution >= 0.6 is 0 Å². The second kappa shape index (κ2) is 42.8. The molecule has 0 heterocycles. The number of carbonyl (C=O) groups excluding carboxylic acids is 1. The molecule has 118 valence electrons. The Balaban J connectivity index is -0.000000107. The third-order valence-corrected chi connectivity index (χ3v) is 1.77. The summed E-state index contributed by atoms with van der Waals surface area (Å²) in [6.07, 6.45) is 10.6. The predicted molar refractivity (Wildman–Crippen MR) is 67.8 cm³/mol. The van der Waals surface area contributed by atoms with Crippen molar-refractivity contribution in [3.8, 4) is 0 Å². The number of methoxy groups -OCH3 is 2. The van der Waals surface area contributed by atoms with E-state index in [4.69, 9.17) is 23.4 Å². The summed E-state index contributed by atoms with van der Waals surface area (Å²) in [5.74, 6) is 0. The van der Waals surface area contributed by atoms with Crippen LogP contribution in [0, 0.1) is 20.0 Å². The number of allylic oxidation sites excluding steroid dienone is 4. The SMILES string of the molecule is COC(CCC/C=C/C=C/C=O)OC.[C-]#[O+].[C-]#[O+].[C-]#[O+].[Fe]. The Bertz CT molecular complexity index is 275. The molecular weight excluding hydrogens is 320 g/mol. The number of rotatable bonds is 8. The van der Waals surface area contributed by atoms with Crippen molar-refractivity contribution in [2.45, 2.75) is 25.6 Å². The van der Waals surface area contributed by atoms with Gasteiger partial charge in [-0.1, -0.05) is 18.2 Å². The van der Waals surface area contributed by atoms with Crippen LogP contribution in [0.25, 0.3) is 0 Å². The molecule has 0 unspecified atom stereocenters. The summed E-state index contributed by atoms with van der Waals surface area (Å²) >= 11 is 0. The summed E-state index contributed by atoms with van der Waals surface area (Å²) in [6, 6.07) is 0. The Labute approximate surface area is 136 Å². The maximum atomic E-state index is 9.91. The molecule has 0 spiro atoms. The number of ether oxygens (including phenoxy) is 2. The molecule has 21 heavy (non-hydrogen) atoms. The fourth-order valence-corrected chi connectivity index (χ4v) is 1.02. The molecule has 0 aliphatic heterocycles. The van der Waals surface area contributed by atoms with Crippen LogP contribution in [0.15, 0.2) is 24.3 Å². The van der Waals surface area contributed by atoms with Crippen LogP contribution in [-0.4, -0.2) is 26.8 Å². The number of carbonyl (C=O) groups is 1. The van der Waals surface area contributed by atoms with Gasteiger partial charge in [-0.2, -0.15) is 0 Å².